The second kappa shape index (κ2) is 9.48. The highest BCUT2D eigenvalue weighted by molar-refractivity contribution is 7.57. The zero-order chi connectivity index (χ0) is 25.6. The molecule has 0 aromatic heterocycles. The summed E-state index contributed by atoms with van der Waals surface area (Å²) in [4.78, 5) is 0. The Morgan fingerprint density at radius 2 is 0.842 bits per heavy atom. The molecule has 2 heterocycles. The smallest absolute Gasteiger partial charge is 0.326 e. The van der Waals surface area contributed by atoms with Crippen LogP contribution in [0.2, 0.25) is 0 Å². The number of para-hydroxylation sites is 4. The Kier molecular flexibility index (Phi) is 5.81. The van der Waals surface area contributed by atoms with E-state index < -0.39 is 16.8 Å². The van der Waals surface area contributed by atoms with Gasteiger partial charge in [0.15, 0.2) is 11.5 Å². The fraction of sp³-hybridized carbons (Fsp3) is 0.0625. The van der Waals surface area contributed by atoms with Crippen LogP contribution in [0.25, 0.3) is 22.3 Å². The summed E-state index contributed by atoms with van der Waals surface area (Å²) >= 11 is 0. The Hall–Kier alpha value is -3.84. The third kappa shape index (κ3) is 3.93. The average Bonchev–Trinajstić information content (AvgIpc) is 2.95. The second-order valence-electron chi connectivity index (χ2n) is 9.26. The van der Waals surface area contributed by atoms with Gasteiger partial charge in [0.05, 0.1) is 10.6 Å². The standard InChI is InChI=1S/C32H24O4P2/c1-21-11-9-15-25-23-13-3-7-19-29(23)37(35-31(21)25)33-27-17-5-6-18-28(27)34-38-30-20-8-4-14-24(30)26-16-10-12-22(2)32(26)36-38/h3-20H,1-2H3. The summed E-state index contributed by atoms with van der Waals surface area (Å²) < 4.78 is 26.3. The average molecular weight is 534 g/mol. The van der Waals surface area contributed by atoms with Crippen molar-refractivity contribution in [1.29, 1.82) is 0 Å². The Morgan fingerprint density at radius 3 is 1.32 bits per heavy atom. The van der Waals surface area contributed by atoms with Crippen LogP contribution >= 0.6 is 16.8 Å². The molecule has 0 amide bonds. The highest BCUT2D eigenvalue weighted by Crippen LogP contribution is 2.55. The van der Waals surface area contributed by atoms with Crippen molar-refractivity contribution in [1.82, 2.24) is 0 Å². The van der Waals surface area contributed by atoms with Crippen molar-refractivity contribution in [3.8, 4) is 45.3 Å². The van der Waals surface area contributed by atoms with Crippen LogP contribution in [0.15, 0.2) is 109 Å². The van der Waals surface area contributed by atoms with Gasteiger partial charge in [0.25, 0.3) is 0 Å². The van der Waals surface area contributed by atoms with Crippen LogP contribution in [0, 0.1) is 13.8 Å². The Bertz CT molecular complexity index is 1560. The number of hydrogen-bond acceptors (Lipinski definition) is 4. The predicted octanol–water partition coefficient (Wildman–Crippen LogP) is 8.45. The first kappa shape index (κ1) is 23.3. The third-order valence-electron chi connectivity index (χ3n) is 6.77. The number of hydrogen-bond donors (Lipinski definition) is 0. The van der Waals surface area contributed by atoms with Crippen LogP contribution in [0.4, 0.5) is 0 Å². The van der Waals surface area contributed by atoms with Crippen LogP contribution in [0.5, 0.6) is 23.0 Å². The van der Waals surface area contributed by atoms with Gasteiger partial charge in [0.1, 0.15) is 11.5 Å². The number of aryl methyl sites for hydroxylation is 2. The minimum Gasteiger partial charge on any atom is -0.434 e. The molecule has 0 radical (unpaired) electrons. The first-order valence-electron chi connectivity index (χ1n) is 12.5. The molecule has 186 valence electrons. The topological polar surface area (TPSA) is 36.9 Å². The lowest BCUT2D eigenvalue weighted by atomic mass is 10.0. The molecule has 0 aliphatic carbocycles. The van der Waals surface area contributed by atoms with Gasteiger partial charge in [0, 0.05) is 11.1 Å². The maximum absolute atomic E-state index is 6.62. The Morgan fingerprint density at radius 1 is 0.447 bits per heavy atom. The van der Waals surface area contributed by atoms with Crippen LogP contribution in [-0.4, -0.2) is 0 Å². The summed E-state index contributed by atoms with van der Waals surface area (Å²) in [6, 6.07) is 36.8. The summed E-state index contributed by atoms with van der Waals surface area (Å²) in [6.07, 6.45) is 0. The molecule has 0 spiro atoms. The third-order valence-corrected chi connectivity index (χ3v) is 9.75. The van der Waals surface area contributed by atoms with E-state index in [1.165, 1.54) is 0 Å². The van der Waals surface area contributed by atoms with Crippen molar-refractivity contribution >= 4 is 27.4 Å². The Labute approximate surface area is 224 Å². The van der Waals surface area contributed by atoms with Gasteiger partial charge in [-0.05, 0) is 60.4 Å². The summed E-state index contributed by atoms with van der Waals surface area (Å²) in [6.45, 7) is 4.13. The molecule has 0 N–H and O–H groups in total. The molecule has 0 saturated heterocycles. The molecule has 0 fully saturated rings. The fourth-order valence-electron chi connectivity index (χ4n) is 4.87. The molecular weight excluding hydrogens is 510 g/mol. The minimum absolute atomic E-state index is 0.629. The number of benzene rings is 5. The van der Waals surface area contributed by atoms with Gasteiger partial charge in [-0.3, -0.25) is 0 Å². The summed E-state index contributed by atoms with van der Waals surface area (Å²) in [5.74, 6) is 3.00. The van der Waals surface area contributed by atoms with Crippen molar-refractivity contribution in [3.05, 3.63) is 120 Å². The fourth-order valence-corrected chi connectivity index (χ4v) is 8.01. The SMILES string of the molecule is Cc1cccc2c1OP(Oc1ccccc1OP1Oc3c(C)cccc3-c3ccccc31)c1ccccc1-2. The van der Waals surface area contributed by atoms with Gasteiger partial charge >= 0.3 is 16.8 Å². The van der Waals surface area contributed by atoms with Gasteiger partial charge in [0.2, 0.25) is 0 Å². The maximum Gasteiger partial charge on any atom is 0.326 e. The molecule has 5 aromatic carbocycles. The predicted molar refractivity (Wildman–Crippen MR) is 155 cm³/mol. The lowest BCUT2D eigenvalue weighted by molar-refractivity contribution is 0.459. The van der Waals surface area contributed by atoms with Gasteiger partial charge < -0.3 is 18.1 Å². The zero-order valence-electron chi connectivity index (χ0n) is 20.9. The van der Waals surface area contributed by atoms with Gasteiger partial charge in [-0.1, -0.05) is 84.9 Å². The molecule has 2 aliphatic rings. The number of rotatable bonds is 4. The van der Waals surface area contributed by atoms with Crippen LogP contribution in [0.3, 0.4) is 0 Å². The van der Waals surface area contributed by atoms with Crippen LogP contribution in [-0.2, 0) is 0 Å². The first-order valence-corrected chi connectivity index (χ1v) is 14.8. The van der Waals surface area contributed by atoms with Crippen molar-refractivity contribution in [3.63, 3.8) is 0 Å². The summed E-state index contributed by atoms with van der Waals surface area (Å²) in [7, 11) is -2.84. The summed E-state index contributed by atoms with van der Waals surface area (Å²) in [5.41, 5.74) is 6.64. The highest BCUT2D eigenvalue weighted by atomic mass is 31.2. The first-order chi connectivity index (χ1) is 18.7. The van der Waals surface area contributed by atoms with E-state index in [0.717, 1.165) is 55.5 Å². The lowest BCUT2D eigenvalue weighted by Gasteiger charge is -2.30. The maximum atomic E-state index is 6.62. The quantitative estimate of drug-likeness (QED) is 0.217. The van der Waals surface area contributed by atoms with Crippen molar-refractivity contribution in [2.75, 3.05) is 0 Å². The summed E-state index contributed by atoms with van der Waals surface area (Å²) in [5, 5.41) is 2.09. The van der Waals surface area contributed by atoms with Crippen molar-refractivity contribution in [2.24, 2.45) is 0 Å². The van der Waals surface area contributed by atoms with E-state index in [2.05, 4.69) is 86.6 Å². The zero-order valence-corrected chi connectivity index (χ0v) is 22.7. The Balaban J connectivity index is 1.24. The van der Waals surface area contributed by atoms with Gasteiger partial charge in [-0.2, -0.15) is 0 Å². The molecule has 7 rings (SSSR count). The molecule has 38 heavy (non-hydrogen) atoms. The van der Waals surface area contributed by atoms with E-state index >= 15 is 0 Å². The van der Waals surface area contributed by atoms with E-state index in [1.54, 1.807) is 0 Å². The molecular formula is C32H24O4P2. The van der Waals surface area contributed by atoms with Crippen molar-refractivity contribution in [2.45, 2.75) is 13.8 Å². The van der Waals surface area contributed by atoms with Crippen molar-refractivity contribution < 1.29 is 18.1 Å². The van der Waals surface area contributed by atoms with Gasteiger partial charge in [-0.15, -0.1) is 0 Å². The lowest BCUT2D eigenvalue weighted by Crippen LogP contribution is -2.19. The molecule has 0 bridgehead atoms. The van der Waals surface area contributed by atoms with Gasteiger partial charge in [-0.25, -0.2) is 0 Å². The monoisotopic (exact) mass is 534 g/mol. The molecule has 2 atom stereocenters. The highest BCUT2D eigenvalue weighted by Gasteiger charge is 2.33. The van der Waals surface area contributed by atoms with E-state index in [-0.39, 0.29) is 0 Å². The van der Waals surface area contributed by atoms with Crippen LogP contribution in [0.1, 0.15) is 11.1 Å². The largest absolute Gasteiger partial charge is 0.434 e. The van der Waals surface area contributed by atoms with E-state index in [1.807, 2.05) is 36.4 Å². The van der Waals surface area contributed by atoms with E-state index in [0.29, 0.717) is 11.5 Å². The second-order valence-corrected chi connectivity index (χ2v) is 12.0. The minimum atomic E-state index is -1.42. The molecule has 2 aliphatic heterocycles. The normalized spacial score (nSPS) is 16.6. The molecule has 6 heteroatoms. The molecule has 5 aromatic rings. The van der Waals surface area contributed by atoms with E-state index in [4.69, 9.17) is 18.1 Å². The molecule has 2 unspecified atom stereocenters. The van der Waals surface area contributed by atoms with Crippen LogP contribution < -0.4 is 28.7 Å². The number of fused-ring (bicyclic) bond motifs is 6. The molecule has 0 saturated carbocycles. The molecule has 4 nitrogen and oxygen atoms in total. The van der Waals surface area contributed by atoms with E-state index in [9.17, 15) is 0 Å².